The van der Waals surface area contributed by atoms with Crippen molar-refractivity contribution in [2.75, 3.05) is 0 Å². The highest BCUT2D eigenvalue weighted by Crippen LogP contribution is 2.18. The molecule has 0 bridgehead atoms. The zero-order chi connectivity index (χ0) is 21.2. The van der Waals surface area contributed by atoms with E-state index in [1.807, 2.05) is 19.9 Å². The molecule has 0 aliphatic rings. The molecule has 0 radical (unpaired) electrons. The summed E-state index contributed by atoms with van der Waals surface area (Å²) in [5, 5.41) is 0. The van der Waals surface area contributed by atoms with E-state index < -0.39 is 0 Å². The first-order valence-corrected chi connectivity index (χ1v) is 10.7. The minimum atomic E-state index is 0.766. The lowest BCUT2D eigenvalue weighted by atomic mass is 10.0. The molecule has 0 unspecified atom stereocenters. The van der Waals surface area contributed by atoms with Crippen LogP contribution in [-0.2, 0) is 6.42 Å². The van der Waals surface area contributed by atoms with E-state index >= 15 is 0 Å². The zero-order valence-electron chi connectivity index (χ0n) is 19.1. The topological polar surface area (TPSA) is 0 Å². The van der Waals surface area contributed by atoms with Crippen molar-refractivity contribution >= 4 is 0 Å². The molecule has 0 atom stereocenters. The number of rotatable bonds is 3. The third-order valence-electron chi connectivity index (χ3n) is 3.65. The van der Waals surface area contributed by atoms with Gasteiger partial charge in [-0.2, -0.15) is 0 Å². The first kappa shape index (κ1) is 25.7. The Balaban J connectivity index is 0.000000434. The molecule has 3 aromatic carbocycles. The molecule has 3 rings (SSSR count). The van der Waals surface area contributed by atoms with E-state index in [0.717, 1.165) is 5.92 Å². The lowest BCUT2D eigenvalue weighted by Gasteiger charge is -2.02. The molecule has 0 saturated heterocycles. The minimum Gasteiger partial charge on any atom is -0.0683 e. The van der Waals surface area contributed by atoms with Gasteiger partial charge < -0.3 is 0 Å². The Hall–Kier alpha value is -2.34. The van der Waals surface area contributed by atoms with Crippen molar-refractivity contribution in [3.63, 3.8) is 0 Å². The summed E-state index contributed by atoms with van der Waals surface area (Å²) in [5.41, 5.74) is 5.31. The van der Waals surface area contributed by atoms with E-state index in [2.05, 4.69) is 113 Å². The molecule has 0 heterocycles. The van der Waals surface area contributed by atoms with Gasteiger partial charge in [0.2, 0.25) is 0 Å². The molecule has 0 aromatic heterocycles. The molecule has 0 amide bonds. The van der Waals surface area contributed by atoms with Crippen molar-refractivity contribution in [2.24, 2.45) is 5.92 Å². The summed E-state index contributed by atoms with van der Waals surface area (Å²) in [6.45, 7) is 14.8. The summed E-state index contributed by atoms with van der Waals surface area (Å²) in [6.07, 6.45) is 2.45. The van der Waals surface area contributed by atoms with Crippen LogP contribution in [0.4, 0.5) is 0 Å². The predicted molar refractivity (Wildman–Crippen MR) is 129 cm³/mol. The van der Waals surface area contributed by atoms with Gasteiger partial charge in [-0.15, -0.1) is 0 Å². The van der Waals surface area contributed by atoms with E-state index in [4.69, 9.17) is 0 Å². The zero-order valence-corrected chi connectivity index (χ0v) is 19.1. The van der Waals surface area contributed by atoms with Crippen LogP contribution in [0.25, 0.3) is 11.1 Å². The fraction of sp³-hybridized carbons (Fsp3) is 0.357. The third-order valence-corrected chi connectivity index (χ3v) is 3.65. The second kappa shape index (κ2) is 16.8. The van der Waals surface area contributed by atoms with Gasteiger partial charge in [0.25, 0.3) is 0 Å². The van der Waals surface area contributed by atoms with Gasteiger partial charge in [0, 0.05) is 0 Å². The molecule has 0 saturated carbocycles. The summed E-state index contributed by atoms with van der Waals surface area (Å²) in [7, 11) is 0. The van der Waals surface area contributed by atoms with Crippen molar-refractivity contribution in [1.29, 1.82) is 0 Å². The van der Waals surface area contributed by atoms with Crippen LogP contribution in [0.2, 0.25) is 0 Å². The van der Waals surface area contributed by atoms with Gasteiger partial charge >= 0.3 is 0 Å². The van der Waals surface area contributed by atoms with Crippen LogP contribution in [0, 0.1) is 12.8 Å². The van der Waals surface area contributed by atoms with Crippen molar-refractivity contribution in [3.8, 4) is 11.1 Å². The van der Waals surface area contributed by atoms with E-state index in [0.29, 0.717) is 0 Å². The molecular weight excluding hydrogens is 336 g/mol. The third kappa shape index (κ3) is 12.1. The first-order chi connectivity index (χ1) is 13.6. The van der Waals surface area contributed by atoms with Gasteiger partial charge in [-0.3, -0.25) is 0 Å². The SMILES string of the molecule is CC.CC(C)Cc1ccccc1.CCC.Cc1ccc(-c2ccccc2)cc1. The van der Waals surface area contributed by atoms with Crippen LogP contribution in [0.15, 0.2) is 84.9 Å². The molecule has 0 fully saturated rings. The highest BCUT2D eigenvalue weighted by Gasteiger charge is 1.94. The smallest absolute Gasteiger partial charge is 0.0184 e. The Morgan fingerprint density at radius 1 is 0.607 bits per heavy atom. The van der Waals surface area contributed by atoms with Crippen molar-refractivity contribution in [3.05, 3.63) is 96.1 Å². The van der Waals surface area contributed by atoms with Gasteiger partial charge in [0.15, 0.2) is 0 Å². The van der Waals surface area contributed by atoms with Gasteiger partial charge in [-0.25, -0.2) is 0 Å². The summed E-state index contributed by atoms with van der Waals surface area (Å²) >= 11 is 0. The predicted octanol–water partition coefficient (Wildman–Crippen LogP) is 8.99. The maximum Gasteiger partial charge on any atom is -0.0184 e. The summed E-state index contributed by atoms with van der Waals surface area (Å²) < 4.78 is 0. The molecule has 3 aromatic rings. The largest absolute Gasteiger partial charge is 0.0683 e. The highest BCUT2D eigenvalue weighted by molar-refractivity contribution is 5.63. The van der Waals surface area contributed by atoms with Crippen molar-refractivity contribution in [1.82, 2.24) is 0 Å². The Labute approximate surface area is 174 Å². The van der Waals surface area contributed by atoms with Crippen LogP contribution in [-0.4, -0.2) is 0 Å². The van der Waals surface area contributed by atoms with Crippen molar-refractivity contribution < 1.29 is 0 Å². The Bertz CT molecular complexity index is 679. The van der Waals surface area contributed by atoms with E-state index in [1.165, 1.54) is 35.1 Å². The molecule has 0 nitrogen and oxygen atoms in total. The van der Waals surface area contributed by atoms with Crippen molar-refractivity contribution in [2.45, 2.75) is 61.3 Å². The maximum atomic E-state index is 2.24. The normalized spacial score (nSPS) is 9.14. The van der Waals surface area contributed by atoms with Gasteiger partial charge in [0.05, 0.1) is 0 Å². The lowest BCUT2D eigenvalue weighted by Crippen LogP contribution is -1.92. The fourth-order valence-corrected chi connectivity index (χ4v) is 2.46. The van der Waals surface area contributed by atoms with E-state index in [9.17, 15) is 0 Å². The number of benzene rings is 3. The van der Waals surface area contributed by atoms with Crippen LogP contribution < -0.4 is 0 Å². The molecule has 0 aliphatic carbocycles. The van der Waals surface area contributed by atoms with Crippen LogP contribution in [0.1, 0.15) is 59.1 Å². The fourth-order valence-electron chi connectivity index (χ4n) is 2.46. The van der Waals surface area contributed by atoms with Crippen LogP contribution in [0.3, 0.4) is 0 Å². The second-order valence-corrected chi connectivity index (χ2v) is 7.02. The molecule has 0 spiro atoms. The monoisotopic (exact) mass is 376 g/mol. The summed E-state index contributed by atoms with van der Waals surface area (Å²) in [6, 6.07) is 29.6. The number of hydrogen-bond donors (Lipinski definition) is 0. The van der Waals surface area contributed by atoms with Gasteiger partial charge in [0.1, 0.15) is 0 Å². The number of hydrogen-bond acceptors (Lipinski definition) is 0. The van der Waals surface area contributed by atoms with E-state index in [1.54, 1.807) is 0 Å². The second-order valence-electron chi connectivity index (χ2n) is 7.02. The van der Waals surface area contributed by atoms with E-state index in [-0.39, 0.29) is 0 Å². The summed E-state index contributed by atoms with van der Waals surface area (Å²) in [4.78, 5) is 0. The number of aryl methyl sites for hydroxylation is 1. The average Bonchev–Trinajstić information content (AvgIpc) is 2.72. The van der Waals surface area contributed by atoms with Crippen LogP contribution >= 0.6 is 0 Å². The van der Waals surface area contributed by atoms with Gasteiger partial charge in [-0.1, -0.05) is 138 Å². The molecule has 152 valence electrons. The average molecular weight is 377 g/mol. The Morgan fingerprint density at radius 3 is 1.43 bits per heavy atom. The molecule has 28 heavy (non-hydrogen) atoms. The highest BCUT2D eigenvalue weighted by atomic mass is 14.0. The Morgan fingerprint density at radius 2 is 1.00 bits per heavy atom. The minimum absolute atomic E-state index is 0.766. The molecular formula is C28H40. The Kier molecular flexibility index (Phi) is 15.4. The molecule has 0 heteroatoms. The molecule has 0 aliphatic heterocycles. The summed E-state index contributed by atoms with van der Waals surface area (Å²) in [5.74, 6) is 0.766. The molecule has 0 N–H and O–H groups in total. The quantitative estimate of drug-likeness (QED) is 0.428. The maximum absolute atomic E-state index is 2.24. The van der Waals surface area contributed by atoms with Gasteiger partial charge in [-0.05, 0) is 36.0 Å². The first-order valence-electron chi connectivity index (χ1n) is 10.7. The standard InChI is InChI=1S/C13H12.C10H14.C3H8.C2H6/c1-11-7-9-13(10-8-11)12-5-3-2-4-6-12;1-9(2)8-10-6-4-3-5-7-10;1-3-2;1-2/h2-10H,1H3;3-7,9H,8H2,1-2H3;3H2,1-2H3;1-2H3. The van der Waals surface area contributed by atoms with Crippen LogP contribution in [0.5, 0.6) is 0 Å². The lowest BCUT2D eigenvalue weighted by molar-refractivity contribution is 0.647.